The number of aryl methyl sites for hydroxylation is 1. The van der Waals surface area contributed by atoms with E-state index in [4.69, 9.17) is 4.74 Å². The van der Waals surface area contributed by atoms with Crippen LogP contribution in [0.4, 0.5) is 4.79 Å². The molecule has 144 valence electrons. The number of nitrogens with zero attached hydrogens (tertiary/aromatic N) is 3. The summed E-state index contributed by atoms with van der Waals surface area (Å²) in [5.74, 6) is -0.0176. The molecular weight excluding hydrogens is 362 g/mol. The maximum Gasteiger partial charge on any atom is 0.410 e. The van der Waals surface area contributed by atoms with Crippen LogP contribution in [0.1, 0.15) is 36.1 Å². The minimum Gasteiger partial charge on any atom is -0.444 e. The number of piperazine rings is 1. The summed E-state index contributed by atoms with van der Waals surface area (Å²) in [6.45, 7) is 9.36. The zero-order chi connectivity index (χ0) is 19.6. The Kier molecular flexibility index (Phi) is 5.51. The van der Waals surface area contributed by atoms with Crippen molar-refractivity contribution >= 4 is 23.3 Å². The van der Waals surface area contributed by atoms with Crippen LogP contribution in [0.15, 0.2) is 30.3 Å². The van der Waals surface area contributed by atoms with Crippen LogP contribution in [-0.2, 0) is 4.74 Å². The Balaban J connectivity index is 1.65. The fourth-order valence-electron chi connectivity index (χ4n) is 2.86. The molecule has 0 radical (unpaired) electrons. The Morgan fingerprint density at radius 2 is 1.63 bits per heavy atom. The third-order valence-corrected chi connectivity index (χ3v) is 5.42. The number of thiazole rings is 1. The normalized spacial score (nSPS) is 15.0. The first kappa shape index (κ1) is 19.4. The minimum atomic E-state index is -0.516. The second kappa shape index (κ2) is 7.68. The van der Waals surface area contributed by atoms with Gasteiger partial charge in [-0.05, 0) is 27.7 Å². The number of carbonyl (C=O) groups is 2. The molecule has 0 atom stereocenters. The molecule has 1 aliphatic heterocycles. The van der Waals surface area contributed by atoms with E-state index in [1.54, 1.807) is 9.80 Å². The van der Waals surface area contributed by atoms with Crippen molar-refractivity contribution < 1.29 is 14.3 Å². The number of carbonyl (C=O) groups excluding carboxylic acids is 2. The Hall–Kier alpha value is -2.41. The van der Waals surface area contributed by atoms with Crippen LogP contribution in [0, 0.1) is 6.92 Å². The number of hydrogen-bond donors (Lipinski definition) is 0. The Morgan fingerprint density at radius 3 is 2.22 bits per heavy atom. The van der Waals surface area contributed by atoms with Crippen LogP contribution in [0.3, 0.4) is 0 Å². The SMILES string of the molecule is Cc1nc(-c2ccccc2)sc1C(=O)N1CCN(C(=O)OC(C)(C)C)CC1. The van der Waals surface area contributed by atoms with Gasteiger partial charge in [0.15, 0.2) is 0 Å². The zero-order valence-corrected chi connectivity index (χ0v) is 17.0. The smallest absolute Gasteiger partial charge is 0.410 e. The molecule has 1 saturated heterocycles. The van der Waals surface area contributed by atoms with Crippen LogP contribution in [0.2, 0.25) is 0 Å². The van der Waals surface area contributed by atoms with Crippen LogP contribution >= 0.6 is 11.3 Å². The lowest BCUT2D eigenvalue weighted by atomic mass is 10.2. The van der Waals surface area contributed by atoms with Gasteiger partial charge in [0, 0.05) is 31.7 Å². The third-order valence-electron chi connectivity index (χ3n) is 4.23. The highest BCUT2D eigenvalue weighted by Gasteiger charge is 2.29. The van der Waals surface area contributed by atoms with Crippen molar-refractivity contribution in [3.05, 3.63) is 40.9 Å². The zero-order valence-electron chi connectivity index (χ0n) is 16.2. The van der Waals surface area contributed by atoms with Crippen molar-refractivity contribution in [2.45, 2.75) is 33.3 Å². The number of benzene rings is 1. The fraction of sp³-hybridized carbons (Fsp3) is 0.450. The van der Waals surface area contributed by atoms with Crippen LogP contribution in [0.5, 0.6) is 0 Å². The molecule has 1 aliphatic rings. The lowest BCUT2D eigenvalue weighted by Crippen LogP contribution is -2.51. The van der Waals surface area contributed by atoms with E-state index in [0.717, 1.165) is 16.3 Å². The maximum absolute atomic E-state index is 12.9. The van der Waals surface area contributed by atoms with Gasteiger partial charge in [-0.15, -0.1) is 11.3 Å². The number of ether oxygens (including phenoxy) is 1. The van der Waals surface area contributed by atoms with Crippen molar-refractivity contribution in [2.75, 3.05) is 26.2 Å². The van der Waals surface area contributed by atoms with E-state index >= 15 is 0 Å². The van der Waals surface area contributed by atoms with E-state index < -0.39 is 5.60 Å². The summed E-state index contributed by atoms with van der Waals surface area (Å²) < 4.78 is 5.40. The second-order valence-corrected chi connectivity index (χ2v) is 8.56. The molecule has 0 unspecified atom stereocenters. The van der Waals surface area contributed by atoms with Crippen molar-refractivity contribution in [3.63, 3.8) is 0 Å². The quantitative estimate of drug-likeness (QED) is 0.786. The molecule has 2 amide bonds. The predicted molar refractivity (Wildman–Crippen MR) is 106 cm³/mol. The summed E-state index contributed by atoms with van der Waals surface area (Å²) in [4.78, 5) is 33.8. The summed E-state index contributed by atoms with van der Waals surface area (Å²) in [5, 5.41) is 0.851. The summed E-state index contributed by atoms with van der Waals surface area (Å²) in [5.41, 5.74) is 1.25. The molecule has 3 rings (SSSR count). The van der Waals surface area contributed by atoms with E-state index in [-0.39, 0.29) is 12.0 Å². The molecule has 0 bridgehead atoms. The molecular formula is C20H25N3O3S. The van der Waals surface area contributed by atoms with Gasteiger partial charge in [0.05, 0.1) is 5.69 Å². The Bertz CT molecular complexity index is 819. The summed E-state index contributed by atoms with van der Waals surface area (Å²) in [6.07, 6.45) is -0.324. The Labute approximate surface area is 163 Å². The summed E-state index contributed by atoms with van der Waals surface area (Å²) in [6, 6.07) is 9.87. The van der Waals surface area contributed by atoms with Crippen molar-refractivity contribution in [1.82, 2.24) is 14.8 Å². The van der Waals surface area contributed by atoms with E-state index in [0.29, 0.717) is 31.1 Å². The molecule has 1 fully saturated rings. The second-order valence-electron chi connectivity index (χ2n) is 7.56. The van der Waals surface area contributed by atoms with E-state index in [9.17, 15) is 9.59 Å². The molecule has 1 aromatic carbocycles. The first-order valence-corrected chi connectivity index (χ1v) is 9.86. The standard InChI is InChI=1S/C20H25N3O3S/c1-14-16(27-17(21-14)15-8-6-5-7-9-15)18(24)22-10-12-23(13-11-22)19(25)26-20(2,3)4/h5-9H,10-13H2,1-4H3. The molecule has 0 saturated carbocycles. The molecule has 6 nitrogen and oxygen atoms in total. The Morgan fingerprint density at radius 1 is 1.04 bits per heavy atom. The van der Waals surface area contributed by atoms with Gasteiger partial charge in [-0.2, -0.15) is 0 Å². The number of rotatable bonds is 2. The molecule has 2 heterocycles. The van der Waals surface area contributed by atoms with Crippen molar-refractivity contribution in [2.24, 2.45) is 0 Å². The lowest BCUT2D eigenvalue weighted by molar-refractivity contribution is 0.0141. The summed E-state index contributed by atoms with van der Waals surface area (Å²) in [7, 11) is 0. The van der Waals surface area contributed by atoms with Gasteiger partial charge in [0.2, 0.25) is 0 Å². The van der Waals surface area contributed by atoms with Gasteiger partial charge in [0.1, 0.15) is 15.5 Å². The van der Waals surface area contributed by atoms with Gasteiger partial charge in [-0.25, -0.2) is 9.78 Å². The molecule has 27 heavy (non-hydrogen) atoms. The van der Waals surface area contributed by atoms with Crippen LogP contribution in [0.25, 0.3) is 10.6 Å². The van der Waals surface area contributed by atoms with Gasteiger partial charge in [-0.3, -0.25) is 4.79 Å². The van der Waals surface area contributed by atoms with Crippen LogP contribution in [-0.4, -0.2) is 58.6 Å². The first-order valence-electron chi connectivity index (χ1n) is 9.04. The van der Waals surface area contributed by atoms with Gasteiger partial charge < -0.3 is 14.5 Å². The van der Waals surface area contributed by atoms with Crippen molar-refractivity contribution in [1.29, 1.82) is 0 Å². The molecule has 0 aliphatic carbocycles. The number of aromatic nitrogens is 1. The predicted octanol–water partition coefficient (Wildman–Crippen LogP) is 3.81. The van der Waals surface area contributed by atoms with Gasteiger partial charge in [0.25, 0.3) is 5.91 Å². The van der Waals surface area contributed by atoms with Crippen molar-refractivity contribution in [3.8, 4) is 10.6 Å². The highest BCUT2D eigenvalue weighted by molar-refractivity contribution is 7.17. The maximum atomic E-state index is 12.9. The largest absolute Gasteiger partial charge is 0.444 e. The van der Waals surface area contributed by atoms with Gasteiger partial charge >= 0.3 is 6.09 Å². The first-order chi connectivity index (χ1) is 12.7. The number of amides is 2. The average Bonchev–Trinajstić information content (AvgIpc) is 3.02. The highest BCUT2D eigenvalue weighted by atomic mass is 32.1. The molecule has 2 aromatic rings. The summed E-state index contributed by atoms with van der Waals surface area (Å²) >= 11 is 1.42. The monoisotopic (exact) mass is 387 g/mol. The van der Waals surface area contributed by atoms with E-state index in [1.807, 2.05) is 58.0 Å². The number of hydrogen-bond acceptors (Lipinski definition) is 5. The van der Waals surface area contributed by atoms with Gasteiger partial charge in [-0.1, -0.05) is 30.3 Å². The lowest BCUT2D eigenvalue weighted by Gasteiger charge is -2.35. The third kappa shape index (κ3) is 4.66. The molecule has 7 heteroatoms. The van der Waals surface area contributed by atoms with E-state index in [2.05, 4.69) is 4.98 Å². The van der Waals surface area contributed by atoms with E-state index in [1.165, 1.54) is 11.3 Å². The molecule has 1 aromatic heterocycles. The molecule has 0 spiro atoms. The topological polar surface area (TPSA) is 62.7 Å². The highest BCUT2D eigenvalue weighted by Crippen LogP contribution is 2.29. The van der Waals surface area contributed by atoms with Crippen LogP contribution < -0.4 is 0 Å². The minimum absolute atomic E-state index is 0.0176. The average molecular weight is 388 g/mol. The fourth-order valence-corrected chi connectivity index (χ4v) is 3.90. The molecule has 0 N–H and O–H groups in total.